The van der Waals surface area contributed by atoms with E-state index in [0.717, 1.165) is 11.1 Å². The van der Waals surface area contributed by atoms with Gasteiger partial charge in [0.05, 0.1) is 12.7 Å². The summed E-state index contributed by atoms with van der Waals surface area (Å²) >= 11 is 0. The van der Waals surface area contributed by atoms with Crippen LogP contribution in [0.1, 0.15) is 27.9 Å². The maximum Gasteiger partial charge on any atom is 0.335 e. The van der Waals surface area contributed by atoms with Crippen molar-refractivity contribution in [1.29, 1.82) is 0 Å². The molecule has 0 atom stereocenters. The number of benzene rings is 2. The van der Waals surface area contributed by atoms with Crippen molar-refractivity contribution in [2.24, 2.45) is 0 Å². The summed E-state index contributed by atoms with van der Waals surface area (Å²) in [5, 5.41) is 11.8. The minimum absolute atomic E-state index is 0.0922. The van der Waals surface area contributed by atoms with E-state index in [0.29, 0.717) is 31.6 Å². The van der Waals surface area contributed by atoms with E-state index in [2.05, 4.69) is 5.32 Å². The normalized spacial score (nSPS) is 10.3. The number of carboxylic acid groups (broad SMARTS) is 1. The lowest BCUT2D eigenvalue weighted by Gasteiger charge is -2.10. The Hall–Kier alpha value is -2.89. The Morgan fingerprint density at radius 1 is 1.12 bits per heavy atom. The van der Waals surface area contributed by atoms with Crippen LogP contribution in [-0.4, -0.2) is 30.6 Å². The van der Waals surface area contributed by atoms with E-state index in [1.54, 1.807) is 18.2 Å². The number of carboxylic acids is 1. The number of carbonyl (C=O) groups is 2. The minimum Gasteiger partial charge on any atom is -0.496 e. The molecule has 25 heavy (non-hydrogen) atoms. The molecule has 0 saturated heterocycles. The van der Waals surface area contributed by atoms with E-state index in [-0.39, 0.29) is 17.3 Å². The van der Waals surface area contributed by atoms with Crippen molar-refractivity contribution in [1.82, 2.24) is 5.32 Å². The van der Waals surface area contributed by atoms with Crippen LogP contribution in [0.4, 0.5) is 4.39 Å². The third kappa shape index (κ3) is 5.60. The standard InChI is InChI=1S/C19H20FNO4/c1-25-17-12-15(19(23)24)6-5-14(17)10-11-21-18(22)9-4-13-2-7-16(20)8-3-13/h2-3,5-8,12H,4,9-11H2,1H3,(H,21,22)(H,23,24). The lowest BCUT2D eigenvalue weighted by Crippen LogP contribution is -2.26. The first-order valence-electron chi connectivity index (χ1n) is 7.91. The van der Waals surface area contributed by atoms with E-state index >= 15 is 0 Å². The zero-order valence-electron chi connectivity index (χ0n) is 13.9. The summed E-state index contributed by atoms with van der Waals surface area (Å²) in [5.41, 5.74) is 1.89. The molecule has 0 aliphatic carbocycles. The molecule has 0 bridgehead atoms. The first kappa shape index (κ1) is 18.4. The first-order chi connectivity index (χ1) is 12.0. The highest BCUT2D eigenvalue weighted by molar-refractivity contribution is 5.88. The molecule has 0 unspecified atom stereocenters. The number of methoxy groups -OCH3 is 1. The molecule has 1 amide bonds. The highest BCUT2D eigenvalue weighted by atomic mass is 19.1. The summed E-state index contributed by atoms with van der Waals surface area (Å²) in [6.45, 7) is 0.422. The van der Waals surface area contributed by atoms with E-state index < -0.39 is 5.97 Å². The van der Waals surface area contributed by atoms with Crippen LogP contribution >= 0.6 is 0 Å². The molecule has 0 aliphatic heterocycles. The Balaban J connectivity index is 1.80. The molecule has 0 spiro atoms. The van der Waals surface area contributed by atoms with Crippen LogP contribution < -0.4 is 10.1 Å². The molecule has 132 valence electrons. The van der Waals surface area contributed by atoms with E-state index in [4.69, 9.17) is 9.84 Å². The molecule has 0 saturated carbocycles. The SMILES string of the molecule is COc1cc(C(=O)O)ccc1CCNC(=O)CCc1ccc(F)cc1. The van der Waals surface area contributed by atoms with Crippen molar-refractivity contribution in [2.75, 3.05) is 13.7 Å². The van der Waals surface area contributed by atoms with Crippen molar-refractivity contribution in [2.45, 2.75) is 19.3 Å². The van der Waals surface area contributed by atoms with Gasteiger partial charge in [-0.25, -0.2) is 9.18 Å². The summed E-state index contributed by atoms with van der Waals surface area (Å²) in [7, 11) is 1.48. The van der Waals surface area contributed by atoms with Crippen LogP contribution in [-0.2, 0) is 17.6 Å². The van der Waals surface area contributed by atoms with E-state index in [9.17, 15) is 14.0 Å². The van der Waals surface area contributed by atoms with E-state index in [1.807, 2.05) is 0 Å². The average Bonchev–Trinajstić information content (AvgIpc) is 2.61. The van der Waals surface area contributed by atoms with Crippen LogP contribution in [0.2, 0.25) is 0 Å². The number of halogens is 1. The van der Waals surface area contributed by atoms with Gasteiger partial charge in [-0.3, -0.25) is 4.79 Å². The maximum absolute atomic E-state index is 12.8. The highest BCUT2D eigenvalue weighted by Gasteiger charge is 2.09. The fraction of sp³-hybridized carbons (Fsp3) is 0.263. The molecule has 2 N–H and O–H groups in total. The fourth-order valence-electron chi connectivity index (χ4n) is 2.42. The van der Waals surface area contributed by atoms with Gasteiger partial charge in [-0.2, -0.15) is 0 Å². The van der Waals surface area contributed by atoms with Gasteiger partial charge in [-0.15, -0.1) is 0 Å². The molecule has 0 radical (unpaired) electrons. The molecule has 6 heteroatoms. The Morgan fingerprint density at radius 2 is 1.84 bits per heavy atom. The van der Waals surface area contributed by atoms with Gasteiger partial charge < -0.3 is 15.2 Å². The van der Waals surface area contributed by atoms with Gasteiger partial charge in [-0.1, -0.05) is 18.2 Å². The van der Waals surface area contributed by atoms with Gasteiger partial charge in [-0.05, 0) is 48.2 Å². The maximum atomic E-state index is 12.8. The van der Waals surface area contributed by atoms with Crippen molar-refractivity contribution >= 4 is 11.9 Å². The van der Waals surface area contributed by atoms with Gasteiger partial charge in [0, 0.05) is 13.0 Å². The number of amides is 1. The van der Waals surface area contributed by atoms with Crippen LogP contribution in [0.15, 0.2) is 42.5 Å². The second kappa shape index (κ2) is 8.82. The topological polar surface area (TPSA) is 75.6 Å². The minimum atomic E-state index is -1.01. The van der Waals surface area contributed by atoms with Crippen molar-refractivity contribution in [3.63, 3.8) is 0 Å². The van der Waals surface area contributed by atoms with E-state index in [1.165, 1.54) is 31.4 Å². The third-order valence-electron chi connectivity index (χ3n) is 3.80. The van der Waals surface area contributed by atoms with Crippen LogP contribution in [0.3, 0.4) is 0 Å². The highest BCUT2D eigenvalue weighted by Crippen LogP contribution is 2.20. The molecule has 5 nitrogen and oxygen atoms in total. The van der Waals surface area contributed by atoms with Crippen LogP contribution in [0.5, 0.6) is 5.75 Å². The molecule has 0 aromatic heterocycles. The molecular weight excluding hydrogens is 325 g/mol. The largest absolute Gasteiger partial charge is 0.496 e. The molecule has 2 aromatic rings. The third-order valence-corrected chi connectivity index (χ3v) is 3.80. The molecule has 0 aliphatic rings. The number of ether oxygens (including phenoxy) is 1. The summed E-state index contributed by atoms with van der Waals surface area (Å²) in [6.07, 6.45) is 1.40. The number of aryl methyl sites for hydroxylation is 1. The lowest BCUT2D eigenvalue weighted by molar-refractivity contribution is -0.121. The Bertz CT molecular complexity index is 744. The number of hydrogen-bond donors (Lipinski definition) is 2. The van der Waals surface area contributed by atoms with Gasteiger partial charge >= 0.3 is 5.97 Å². The predicted molar refractivity (Wildman–Crippen MR) is 91.4 cm³/mol. The van der Waals surface area contributed by atoms with Gasteiger partial charge in [0.25, 0.3) is 0 Å². The Labute approximate surface area is 145 Å². The molecule has 2 aromatic carbocycles. The summed E-state index contributed by atoms with van der Waals surface area (Å²) < 4.78 is 18.0. The molecule has 2 rings (SSSR count). The second-order valence-electron chi connectivity index (χ2n) is 5.56. The number of carbonyl (C=O) groups excluding carboxylic acids is 1. The molecular formula is C19H20FNO4. The van der Waals surface area contributed by atoms with Crippen molar-refractivity contribution in [3.05, 3.63) is 65.0 Å². The zero-order chi connectivity index (χ0) is 18.2. The van der Waals surface area contributed by atoms with Crippen molar-refractivity contribution < 1.29 is 23.8 Å². The summed E-state index contributed by atoms with van der Waals surface area (Å²) in [4.78, 5) is 22.8. The Morgan fingerprint density at radius 3 is 2.48 bits per heavy atom. The molecule has 0 heterocycles. The second-order valence-corrected chi connectivity index (χ2v) is 5.56. The smallest absolute Gasteiger partial charge is 0.335 e. The number of aromatic carboxylic acids is 1. The number of nitrogens with one attached hydrogen (secondary N) is 1. The number of hydrogen-bond acceptors (Lipinski definition) is 3. The summed E-state index contributed by atoms with van der Waals surface area (Å²) in [5.74, 6) is -0.916. The van der Waals surface area contributed by atoms with Gasteiger partial charge in [0.15, 0.2) is 0 Å². The lowest BCUT2D eigenvalue weighted by atomic mass is 10.1. The average molecular weight is 345 g/mol. The van der Waals surface area contributed by atoms with Crippen LogP contribution in [0, 0.1) is 5.82 Å². The zero-order valence-corrected chi connectivity index (χ0v) is 13.9. The quantitative estimate of drug-likeness (QED) is 0.771. The molecule has 0 fully saturated rings. The fourth-order valence-corrected chi connectivity index (χ4v) is 2.42. The van der Waals surface area contributed by atoms with Crippen molar-refractivity contribution in [3.8, 4) is 5.75 Å². The van der Waals surface area contributed by atoms with Crippen LogP contribution in [0.25, 0.3) is 0 Å². The van der Waals surface area contributed by atoms with Gasteiger partial charge in [0.2, 0.25) is 5.91 Å². The summed E-state index contributed by atoms with van der Waals surface area (Å²) in [6, 6.07) is 10.7. The monoisotopic (exact) mass is 345 g/mol. The predicted octanol–water partition coefficient (Wildman–Crippen LogP) is 2.82. The number of rotatable bonds is 8. The first-order valence-corrected chi connectivity index (χ1v) is 7.91. The Kier molecular flexibility index (Phi) is 6.51. The van der Waals surface area contributed by atoms with Gasteiger partial charge in [0.1, 0.15) is 11.6 Å².